The first-order chi connectivity index (χ1) is 11.5. The third kappa shape index (κ3) is 4.94. The Kier molecular flexibility index (Phi) is 5.41. The van der Waals surface area contributed by atoms with Crippen molar-refractivity contribution in [3.63, 3.8) is 0 Å². The van der Waals surface area contributed by atoms with Crippen LogP contribution in [0.5, 0.6) is 5.75 Å². The molecular weight excluding hydrogens is 401 g/mol. The quantitative estimate of drug-likeness (QED) is 0.556. The molecule has 1 heterocycles. The summed E-state index contributed by atoms with van der Waals surface area (Å²) in [5.41, 5.74) is -2.26. The monoisotopic (exact) mass is 416 g/mol. The molecule has 0 aliphatic rings. The van der Waals surface area contributed by atoms with Crippen LogP contribution in [-0.4, -0.2) is 21.4 Å². The van der Waals surface area contributed by atoms with E-state index in [0.29, 0.717) is 4.47 Å². The number of hydrogen-bond donors (Lipinski definition) is 1. The van der Waals surface area contributed by atoms with Gasteiger partial charge in [-0.1, -0.05) is 21.1 Å². The van der Waals surface area contributed by atoms with E-state index in [-0.39, 0.29) is 17.0 Å². The van der Waals surface area contributed by atoms with Crippen molar-refractivity contribution in [3.8, 4) is 5.75 Å². The van der Waals surface area contributed by atoms with E-state index in [9.17, 15) is 18.3 Å². The number of phenolic OH excluding ortho intramolecular Hbond substituents is 1. The third-order valence-corrected chi connectivity index (χ3v) is 3.46. The number of alkyl halides is 3. The van der Waals surface area contributed by atoms with Crippen molar-refractivity contribution in [3.05, 3.63) is 57.8 Å². The van der Waals surface area contributed by atoms with Crippen molar-refractivity contribution in [2.75, 3.05) is 0 Å². The summed E-state index contributed by atoms with van der Waals surface area (Å²) < 4.78 is 40.7. The predicted molar refractivity (Wildman–Crippen MR) is 91.5 cm³/mol. The largest absolute Gasteiger partial charge is 0.507 e. The molecular formula is C17H16BrF3N2O2. The summed E-state index contributed by atoms with van der Waals surface area (Å²) in [6, 6.07) is 6.46. The molecule has 2 aromatic rings. The zero-order valence-corrected chi connectivity index (χ0v) is 15.3. The average molecular weight is 417 g/mol. The van der Waals surface area contributed by atoms with E-state index in [2.05, 4.69) is 26.1 Å². The van der Waals surface area contributed by atoms with Gasteiger partial charge >= 0.3 is 6.18 Å². The molecule has 1 N–H and O–H groups in total. The lowest BCUT2D eigenvalue weighted by atomic mass is 10.0. The van der Waals surface area contributed by atoms with Gasteiger partial charge < -0.3 is 9.94 Å². The SMILES string of the molecule is CC(C)(C)ON=C(c1cc(Br)ccc1O)c1ncccc1C(F)(F)F. The van der Waals surface area contributed by atoms with Crippen molar-refractivity contribution >= 4 is 21.6 Å². The second-order valence-corrected chi connectivity index (χ2v) is 7.12. The lowest BCUT2D eigenvalue weighted by Crippen LogP contribution is -2.20. The van der Waals surface area contributed by atoms with Gasteiger partial charge in [0.2, 0.25) is 0 Å². The summed E-state index contributed by atoms with van der Waals surface area (Å²) in [5.74, 6) is -0.238. The molecule has 0 saturated carbocycles. The molecule has 2 rings (SSSR count). The first kappa shape index (κ1) is 19.2. The fourth-order valence-corrected chi connectivity index (χ4v) is 2.28. The third-order valence-electron chi connectivity index (χ3n) is 2.96. The van der Waals surface area contributed by atoms with Gasteiger partial charge in [-0.05, 0) is 51.1 Å². The smallest absolute Gasteiger partial charge is 0.418 e. The molecule has 0 bridgehead atoms. The van der Waals surface area contributed by atoms with Crippen LogP contribution in [0, 0.1) is 0 Å². The Hall–Kier alpha value is -2.09. The molecule has 25 heavy (non-hydrogen) atoms. The van der Waals surface area contributed by atoms with E-state index in [1.54, 1.807) is 26.8 Å². The van der Waals surface area contributed by atoms with Gasteiger partial charge in [-0.3, -0.25) is 4.98 Å². The van der Waals surface area contributed by atoms with E-state index in [1.807, 2.05) is 0 Å². The van der Waals surface area contributed by atoms with Gasteiger partial charge in [0, 0.05) is 16.2 Å². The highest BCUT2D eigenvalue weighted by molar-refractivity contribution is 9.10. The van der Waals surface area contributed by atoms with Crippen molar-refractivity contribution in [1.82, 2.24) is 4.98 Å². The van der Waals surface area contributed by atoms with Crippen LogP contribution in [0.15, 0.2) is 46.2 Å². The van der Waals surface area contributed by atoms with Gasteiger partial charge in [-0.15, -0.1) is 0 Å². The Labute approximate surface area is 151 Å². The van der Waals surface area contributed by atoms with E-state index in [1.165, 1.54) is 24.4 Å². The van der Waals surface area contributed by atoms with Crippen LogP contribution in [0.25, 0.3) is 0 Å². The van der Waals surface area contributed by atoms with Crippen molar-refractivity contribution < 1.29 is 23.1 Å². The summed E-state index contributed by atoms with van der Waals surface area (Å²) in [6.07, 6.45) is -3.40. The van der Waals surface area contributed by atoms with Gasteiger partial charge in [0.05, 0.1) is 5.56 Å². The minimum Gasteiger partial charge on any atom is -0.507 e. The molecule has 0 aliphatic carbocycles. The van der Waals surface area contributed by atoms with Gasteiger partial charge in [0.15, 0.2) is 0 Å². The number of rotatable bonds is 3. The highest BCUT2D eigenvalue weighted by atomic mass is 79.9. The van der Waals surface area contributed by atoms with Gasteiger partial charge in [-0.25, -0.2) is 0 Å². The number of hydrogen-bond acceptors (Lipinski definition) is 4. The maximum absolute atomic E-state index is 13.4. The summed E-state index contributed by atoms with van der Waals surface area (Å²) in [5, 5.41) is 14.0. The Morgan fingerprint density at radius 3 is 2.48 bits per heavy atom. The molecule has 0 saturated heterocycles. The number of phenols is 1. The number of aromatic nitrogens is 1. The number of nitrogens with zero attached hydrogens (tertiary/aromatic N) is 2. The molecule has 134 valence electrons. The van der Waals surface area contributed by atoms with Crippen LogP contribution in [0.3, 0.4) is 0 Å². The Morgan fingerprint density at radius 1 is 1.20 bits per heavy atom. The number of benzene rings is 1. The second-order valence-electron chi connectivity index (χ2n) is 6.20. The standard InChI is InChI=1S/C17H16BrF3N2O2/c1-16(2,3)25-23-14(11-9-10(18)6-7-13(11)24)15-12(17(19,20)21)5-4-8-22-15/h4-9,24H,1-3H3. The molecule has 8 heteroatoms. The van der Waals surface area contributed by atoms with Crippen molar-refractivity contribution in [2.45, 2.75) is 32.5 Å². The molecule has 4 nitrogen and oxygen atoms in total. The van der Waals surface area contributed by atoms with E-state index in [0.717, 1.165) is 6.07 Å². The summed E-state index contributed by atoms with van der Waals surface area (Å²) in [4.78, 5) is 9.15. The van der Waals surface area contributed by atoms with Crippen LogP contribution >= 0.6 is 15.9 Å². The van der Waals surface area contributed by atoms with E-state index < -0.39 is 23.0 Å². The number of oxime groups is 1. The molecule has 0 unspecified atom stereocenters. The Bertz CT molecular complexity index is 799. The topological polar surface area (TPSA) is 54.7 Å². The highest BCUT2D eigenvalue weighted by Gasteiger charge is 2.36. The zero-order chi connectivity index (χ0) is 18.8. The van der Waals surface area contributed by atoms with Crippen molar-refractivity contribution in [2.24, 2.45) is 5.16 Å². The van der Waals surface area contributed by atoms with Gasteiger partial charge in [0.25, 0.3) is 0 Å². The molecule has 1 aromatic carbocycles. The fourth-order valence-electron chi connectivity index (χ4n) is 1.92. The van der Waals surface area contributed by atoms with Gasteiger partial charge in [0.1, 0.15) is 22.8 Å². The van der Waals surface area contributed by atoms with Crippen LogP contribution in [0.2, 0.25) is 0 Å². The van der Waals surface area contributed by atoms with Crippen LogP contribution in [-0.2, 0) is 11.0 Å². The lowest BCUT2D eigenvalue weighted by Gasteiger charge is -2.19. The van der Waals surface area contributed by atoms with E-state index >= 15 is 0 Å². The minimum absolute atomic E-state index is 0.0721. The van der Waals surface area contributed by atoms with E-state index in [4.69, 9.17) is 4.84 Å². The predicted octanol–water partition coefficient (Wildman–Crippen LogP) is 5.14. The number of halogens is 4. The van der Waals surface area contributed by atoms with Crippen LogP contribution in [0.1, 0.15) is 37.6 Å². The normalized spacial score (nSPS) is 13.0. The molecule has 0 fully saturated rings. The first-order valence-corrected chi connectivity index (χ1v) is 8.06. The maximum atomic E-state index is 13.4. The van der Waals surface area contributed by atoms with Crippen LogP contribution < -0.4 is 0 Å². The molecule has 0 amide bonds. The lowest BCUT2D eigenvalue weighted by molar-refractivity contribution is -0.138. The van der Waals surface area contributed by atoms with Crippen molar-refractivity contribution in [1.29, 1.82) is 0 Å². The van der Waals surface area contributed by atoms with Gasteiger partial charge in [-0.2, -0.15) is 13.2 Å². The summed E-state index contributed by atoms with van der Waals surface area (Å²) in [6.45, 7) is 5.12. The molecule has 0 spiro atoms. The molecule has 0 radical (unpaired) electrons. The maximum Gasteiger partial charge on any atom is 0.418 e. The van der Waals surface area contributed by atoms with Crippen LogP contribution in [0.4, 0.5) is 13.2 Å². The molecule has 0 atom stereocenters. The summed E-state index contributed by atoms with van der Waals surface area (Å²) >= 11 is 3.24. The fraction of sp³-hybridized carbons (Fsp3) is 0.294. The highest BCUT2D eigenvalue weighted by Crippen LogP contribution is 2.34. The number of pyridine rings is 1. The first-order valence-electron chi connectivity index (χ1n) is 7.27. The minimum atomic E-state index is -4.63. The Morgan fingerprint density at radius 2 is 1.88 bits per heavy atom. The average Bonchev–Trinajstić information content (AvgIpc) is 2.49. The molecule has 1 aromatic heterocycles. The number of aromatic hydroxyl groups is 1. The molecule has 0 aliphatic heterocycles. The summed E-state index contributed by atoms with van der Waals surface area (Å²) in [7, 11) is 0. The Balaban J connectivity index is 2.72. The zero-order valence-electron chi connectivity index (χ0n) is 13.7. The second kappa shape index (κ2) is 7.03.